The molecule has 0 unspecified atom stereocenters. The summed E-state index contributed by atoms with van der Waals surface area (Å²) in [5.41, 5.74) is 0. The summed E-state index contributed by atoms with van der Waals surface area (Å²) in [7, 11) is 1.61. The van der Waals surface area contributed by atoms with Crippen molar-refractivity contribution in [3.8, 4) is 11.5 Å². The number of hydrogen-bond donors (Lipinski definition) is 0. The van der Waals surface area contributed by atoms with Gasteiger partial charge in [0, 0.05) is 0 Å². The highest BCUT2D eigenvalue weighted by Gasteiger charge is 2.05. The molecule has 0 aliphatic rings. The molecule has 0 aliphatic carbocycles. The van der Waals surface area contributed by atoms with Crippen molar-refractivity contribution >= 4 is 15.9 Å². The summed E-state index contributed by atoms with van der Waals surface area (Å²) in [4.78, 5) is 3.85. The average molecular weight is 285 g/mol. The Bertz CT molecular complexity index is 459. The number of halogens is 1. The zero-order valence-corrected chi connectivity index (χ0v) is 10.1. The van der Waals surface area contributed by atoms with Crippen LogP contribution in [-0.2, 0) is 6.61 Å². The minimum atomic E-state index is 0.265. The van der Waals surface area contributed by atoms with E-state index in [2.05, 4.69) is 30.6 Å². The molecule has 0 radical (unpaired) electrons. The summed E-state index contributed by atoms with van der Waals surface area (Å²) < 4.78 is 16.0. The maximum Gasteiger partial charge on any atom is 0.213 e. The van der Waals surface area contributed by atoms with Crippen molar-refractivity contribution in [1.29, 1.82) is 0 Å². The summed E-state index contributed by atoms with van der Waals surface area (Å²) in [5.74, 6) is 1.96. The molecule has 2 aromatic rings. The molecular weight excluding hydrogens is 276 g/mol. The molecule has 0 bridgehead atoms. The van der Waals surface area contributed by atoms with Gasteiger partial charge in [-0.25, -0.2) is 0 Å². The lowest BCUT2D eigenvalue weighted by Gasteiger charge is -2.07. The predicted octanol–water partition coefficient (Wildman–Crippen LogP) is 2.42. The summed E-state index contributed by atoms with van der Waals surface area (Å²) in [5, 5.41) is 3.64. The van der Waals surface area contributed by atoms with Crippen molar-refractivity contribution in [2.24, 2.45) is 0 Å². The lowest BCUT2D eigenvalue weighted by Crippen LogP contribution is -1.98. The van der Waals surface area contributed by atoms with Gasteiger partial charge in [0.2, 0.25) is 12.2 Å². The number of methoxy groups -OCH3 is 1. The Morgan fingerprint density at radius 1 is 1.44 bits per heavy atom. The van der Waals surface area contributed by atoms with Crippen molar-refractivity contribution in [2.45, 2.75) is 6.61 Å². The van der Waals surface area contributed by atoms with Gasteiger partial charge in [0.25, 0.3) is 0 Å². The maximum absolute atomic E-state index is 5.49. The molecule has 84 valence electrons. The SMILES string of the molecule is COc1ccc(OCc2ncon2)c(Br)c1. The lowest BCUT2D eigenvalue weighted by atomic mass is 10.3. The molecule has 1 aromatic heterocycles. The molecule has 0 spiro atoms. The summed E-state index contributed by atoms with van der Waals surface area (Å²) in [6.45, 7) is 0.265. The van der Waals surface area contributed by atoms with E-state index < -0.39 is 0 Å². The molecule has 2 rings (SSSR count). The molecule has 0 atom stereocenters. The van der Waals surface area contributed by atoms with Crippen LogP contribution >= 0.6 is 15.9 Å². The molecule has 5 nitrogen and oxygen atoms in total. The monoisotopic (exact) mass is 284 g/mol. The van der Waals surface area contributed by atoms with E-state index in [0.717, 1.165) is 10.2 Å². The summed E-state index contributed by atoms with van der Waals surface area (Å²) in [6.07, 6.45) is 1.27. The van der Waals surface area contributed by atoms with Gasteiger partial charge in [0.15, 0.2) is 6.61 Å². The van der Waals surface area contributed by atoms with Crippen LogP contribution in [0.5, 0.6) is 11.5 Å². The fourth-order valence-corrected chi connectivity index (χ4v) is 1.60. The van der Waals surface area contributed by atoms with Crippen LogP contribution in [0.15, 0.2) is 33.6 Å². The highest BCUT2D eigenvalue weighted by atomic mass is 79.9. The standard InChI is InChI=1S/C10H9BrN2O3/c1-14-7-2-3-9(8(11)4-7)15-5-10-12-6-16-13-10/h2-4,6H,5H2,1H3. The van der Waals surface area contributed by atoms with Gasteiger partial charge in [-0.1, -0.05) is 5.16 Å². The van der Waals surface area contributed by atoms with E-state index in [1.807, 2.05) is 18.2 Å². The van der Waals surface area contributed by atoms with Gasteiger partial charge in [0.1, 0.15) is 11.5 Å². The van der Waals surface area contributed by atoms with Crippen LogP contribution in [0, 0.1) is 0 Å². The summed E-state index contributed by atoms with van der Waals surface area (Å²) >= 11 is 3.38. The van der Waals surface area contributed by atoms with E-state index in [1.54, 1.807) is 7.11 Å². The second-order valence-corrected chi connectivity index (χ2v) is 3.79. The Kier molecular flexibility index (Phi) is 3.40. The first-order valence-electron chi connectivity index (χ1n) is 4.51. The number of hydrogen-bond acceptors (Lipinski definition) is 5. The molecule has 0 N–H and O–H groups in total. The smallest absolute Gasteiger partial charge is 0.213 e. The van der Waals surface area contributed by atoms with Crippen LogP contribution in [-0.4, -0.2) is 17.3 Å². The van der Waals surface area contributed by atoms with Crippen molar-refractivity contribution in [1.82, 2.24) is 10.1 Å². The van der Waals surface area contributed by atoms with Gasteiger partial charge in [-0.05, 0) is 34.1 Å². The molecular formula is C10H9BrN2O3. The number of aromatic nitrogens is 2. The molecule has 1 aromatic carbocycles. The van der Waals surface area contributed by atoms with Crippen LogP contribution < -0.4 is 9.47 Å². The Morgan fingerprint density at radius 2 is 2.31 bits per heavy atom. The van der Waals surface area contributed by atoms with E-state index in [1.165, 1.54) is 6.39 Å². The molecule has 1 heterocycles. The van der Waals surface area contributed by atoms with Gasteiger partial charge >= 0.3 is 0 Å². The maximum atomic E-state index is 5.49. The topological polar surface area (TPSA) is 57.4 Å². The molecule has 0 aliphatic heterocycles. The highest BCUT2D eigenvalue weighted by molar-refractivity contribution is 9.10. The van der Waals surface area contributed by atoms with Crippen LogP contribution in [0.3, 0.4) is 0 Å². The Labute approximate surface area is 100 Å². The van der Waals surface area contributed by atoms with Gasteiger partial charge in [0.05, 0.1) is 11.6 Å². The number of rotatable bonds is 4. The minimum Gasteiger partial charge on any atom is -0.497 e. The number of benzene rings is 1. The van der Waals surface area contributed by atoms with Crippen LogP contribution in [0.2, 0.25) is 0 Å². The fourth-order valence-electron chi connectivity index (χ4n) is 1.12. The van der Waals surface area contributed by atoms with Gasteiger partial charge in [-0.2, -0.15) is 4.98 Å². The minimum absolute atomic E-state index is 0.265. The predicted molar refractivity (Wildman–Crippen MR) is 59.3 cm³/mol. The molecule has 16 heavy (non-hydrogen) atoms. The molecule has 0 saturated heterocycles. The zero-order valence-electron chi connectivity index (χ0n) is 8.51. The number of nitrogens with zero attached hydrogens (tertiary/aromatic N) is 2. The first-order valence-corrected chi connectivity index (χ1v) is 5.30. The molecule has 0 fully saturated rings. The first-order chi connectivity index (χ1) is 7.79. The Morgan fingerprint density at radius 3 is 2.94 bits per heavy atom. The second-order valence-electron chi connectivity index (χ2n) is 2.93. The van der Waals surface area contributed by atoms with Crippen molar-refractivity contribution in [2.75, 3.05) is 7.11 Å². The van der Waals surface area contributed by atoms with Gasteiger partial charge < -0.3 is 14.0 Å². The lowest BCUT2D eigenvalue weighted by molar-refractivity contribution is 0.284. The highest BCUT2D eigenvalue weighted by Crippen LogP contribution is 2.29. The summed E-state index contributed by atoms with van der Waals surface area (Å²) in [6, 6.07) is 5.45. The largest absolute Gasteiger partial charge is 0.497 e. The number of ether oxygens (including phenoxy) is 2. The quantitative estimate of drug-likeness (QED) is 0.863. The third kappa shape index (κ3) is 2.52. The van der Waals surface area contributed by atoms with Gasteiger partial charge in [-0.3, -0.25) is 0 Å². The second kappa shape index (κ2) is 4.98. The van der Waals surface area contributed by atoms with Crippen LogP contribution in [0.1, 0.15) is 5.82 Å². The van der Waals surface area contributed by atoms with Gasteiger partial charge in [-0.15, -0.1) is 0 Å². The van der Waals surface area contributed by atoms with E-state index in [-0.39, 0.29) is 6.61 Å². The molecule has 0 amide bonds. The third-order valence-corrected chi connectivity index (χ3v) is 2.52. The van der Waals surface area contributed by atoms with E-state index in [9.17, 15) is 0 Å². The average Bonchev–Trinajstić information content (AvgIpc) is 2.80. The normalized spacial score (nSPS) is 10.1. The van der Waals surface area contributed by atoms with Crippen LogP contribution in [0.4, 0.5) is 0 Å². The van der Waals surface area contributed by atoms with E-state index >= 15 is 0 Å². The molecule has 6 heteroatoms. The Hall–Kier alpha value is -1.56. The fraction of sp³-hybridized carbons (Fsp3) is 0.200. The Balaban J connectivity index is 2.04. The third-order valence-electron chi connectivity index (χ3n) is 1.90. The first kappa shape index (κ1) is 10.9. The molecule has 0 saturated carbocycles. The van der Waals surface area contributed by atoms with E-state index in [0.29, 0.717) is 11.6 Å². The van der Waals surface area contributed by atoms with Crippen molar-refractivity contribution in [3.63, 3.8) is 0 Å². The zero-order chi connectivity index (χ0) is 11.4. The van der Waals surface area contributed by atoms with Crippen molar-refractivity contribution < 1.29 is 14.0 Å². The van der Waals surface area contributed by atoms with Crippen LogP contribution in [0.25, 0.3) is 0 Å². The van der Waals surface area contributed by atoms with E-state index in [4.69, 9.17) is 9.47 Å². The van der Waals surface area contributed by atoms with Crippen molar-refractivity contribution in [3.05, 3.63) is 34.9 Å².